The van der Waals surface area contributed by atoms with Crippen LogP contribution in [-0.2, 0) is 6.42 Å². The lowest BCUT2D eigenvalue weighted by Crippen LogP contribution is -2.03. The molecule has 0 aliphatic heterocycles. The summed E-state index contributed by atoms with van der Waals surface area (Å²) in [6, 6.07) is 19.3. The first-order valence-electron chi connectivity index (χ1n) is 6.50. The normalized spacial score (nSPS) is 10.4. The van der Waals surface area contributed by atoms with Crippen molar-refractivity contribution in [3.63, 3.8) is 0 Å². The van der Waals surface area contributed by atoms with E-state index in [9.17, 15) is 4.79 Å². The van der Waals surface area contributed by atoms with Crippen molar-refractivity contribution in [2.75, 3.05) is 0 Å². The largest absolute Gasteiger partial charge is 0.339 e. The molecule has 2 aromatic carbocycles. The summed E-state index contributed by atoms with van der Waals surface area (Å²) in [5.74, 6) is 0.312. The van der Waals surface area contributed by atoms with E-state index in [-0.39, 0.29) is 5.78 Å². The average molecular weight is 262 g/mol. The lowest BCUT2D eigenvalue weighted by Gasteiger charge is -1.98. The van der Waals surface area contributed by atoms with Gasteiger partial charge >= 0.3 is 0 Å². The maximum Gasteiger partial charge on any atom is 0.228 e. The van der Waals surface area contributed by atoms with Crippen LogP contribution in [0.1, 0.15) is 27.4 Å². The van der Waals surface area contributed by atoms with Gasteiger partial charge in [-0.3, -0.25) is 4.79 Å². The number of rotatable bonds is 4. The van der Waals surface area contributed by atoms with E-state index in [1.165, 1.54) is 5.56 Å². The Hall–Kier alpha value is -2.68. The summed E-state index contributed by atoms with van der Waals surface area (Å²) in [7, 11) is 0. The first-order chi connectivity index (χ1) is 9.83. The number of hydrogen-bond donors (Lipinski definition) is 1. The highest BCUT2D eigenvalue weighted by atomic mass is 16.1. The third-order valence-electron chi connectivity index (χ3n) is 3.12. The lowest BCUT2D eigenvalue weighted by molar-refractivity contribution is 0.103. The van der Waals surface area contributed by atoms with Gasteiger partial charge in [-0.25, -0.2) is 4.98 Å². The third kappa shape index (κ3) is 2.67. The molecule has 0 aliphatic carbocycles. The minimum atomic E-state index is -0.0788. The van der Waals surface area contributed by atoms with Crippen molar-refractivity contribution in [3.8, 4) is 0 Å². The van der Waals surface area contributed by atoms with Crippen LogP contribution < -0.4 is 0 Å². The smallest absolute Gasteiger partial charge is 0.228 e. The number of aromatic amines is 1. The fourth-order valence-corrected chi connectivity index (χ4v) is 2.11. The molecule has 0 unspecified atom stereocenters. The number of hydrogen-bond acceptors (Lipinski definition) is 2. The highest BCUT2D eigenvalue weighted by Crippen LogP contribution is 2.10. The first kappa shape index (κ1) is 12.4. The maximum absolute atomic E-state index is 12.2. The second kappa shape index (κ2) is 5.53. The number of nitrogens with zero attached hydrogens (tertiary/aromatic N) is 1. The van der Waals surface area contributed by atoms with Crippen molar-refractivity contribution in [2.24, 2.45) is 0 Å². The molecule has 3 rings (SSSR count). The van der Waals surface area contributed by atoms with E-state index < -0.39 is 0 Å². The summed E-state index contributed by atoms with van der Waals surface area (Å²) >= 11 is 0. The van der Waals surface area contributed by atoms with E-state index >= 15 is 0 Å². The van der Waals surface area contributed by atoms with Crippen LogP contribution in [0.4, 0.5) is 0 Å². The van der Waals surface area contributed by atoms with Crippen LogP contribution in [0.3, 0.4) is 0 Å². The zero-order valence-corrected chi connectivity index (χ0v) is 10.9. The Morgan fingerprint density at radius 1 is 0.950 bits per heavy atom. The van der Waals surface area contributed by atoms with Gasteiger partial charge in [0.15, 0.2) is 5.82 Å². The van der Waals surface area contributed by atoms with E-state index in [2.05, 4.69) is 22.1 Å². The summed E-state index contributed by atoms with van der Waals surface area (Å²) < 4.78 is 0. The molecule has 0 fully saturated rings. The van der Waals surface area contributed by atoms with Gasteiger partial charge in [0.25, 0.3) is 0 Å². The van der Waals surface area contributed by atoms with E-state index in [0.29, 0.717) is 11.4 Å². The van der Waals surface area contributed by atoms with Crippen molar-refractivity contribution in [1.82, 2.24) is 9.97 Å². The Morgan fingerprint density at radius 3 is 2.30 bits per heavy atom. The highest BCUT2D eigenvalue weighted by molar-refractivity contribution is 6.06. The quantitative estimate of drug-likeness (QED) is 0.734. The summed E-state index contributed by atoms with van der Waals surface area (Å²) in [5, 5.41) is 0. The summed E-state index contributed by atoms with van der Waals surface area (Å²) in [6.07, 6.45) is 2.47. The zero-order valence-electron chi connectivity index (χ0n) is 10.9. The molecule has 0 saturated carbocycles. The molecule has 1 N–H and O–H groups in total. The van der Waals surface area contributed by atoms with Crippen LogP contribution in [0.2, 0.25) is 0 Å². The second-order valence-corrected chi connectivity index (χ2v) is 4.61. The Balaban J connectivity index is 1.79. The maximum atomic E-state index is 12.2. The monoisotopic (exact) mass is 262 g/mol. The molecule has 0 atom stereocenters. The first-order valence-corrected chi connectivity index (χ1v) is 6.50. The van der Waals surface area contributed by atoms with Gasteiger partial charge < -0.3 is 4.98 Å². The lowest BCUT2D eigenvalue weighted by atomic mass is 10.1. The molecule has 3 aromatic rings. The zero-order chi connectivity index (χ0) is 13.8. The molecule has 0 radical (unpaired) electrons. The third-order valence-corrected chi connectivity index (χ3v) is 3.12. The van der Waals surface area contributed by atoms with Gasteiger partial charge in [0.2, 0.25) is 5.78 Å². The topological polar surface area (TPSA) is 45.8 Å². The number of carbonyl (C=O) groups excluding carboxylic acids is 1. The Kier molecular flexibility index (Phi) is 3.42. The molecule has 1 aromatic heterocycles. The minimum absolute atomic E-state index is 0.0788. The second-order valence-electron chi connectivity index (χ2n) is 4.61. The van der Waals surface area contributed by atoms with Crippen LogP contribution >= 0.6 is 0 Å². The van der Waals surface area contributed by atoms with E-state index in [1.807, 2.05) is 36.4 Å². The van der Waals surface area contributed by atoms with Crippen molar-refractivity contribution in [2.45, 2.75) is 6.42 Å². The van der Waals surface area contributed by atoms with Crippen LogP contribution in [0, 0.1) is 0 Å². The van der Waals surface area contributed by atoms with Gasteiger partial charge in [-0.15, -0.1) is 0 Å². The van der Waals surface area contributed by atoms with Crippen molar-refractivity contribution < 1.29 is 4.79 Å². The molecule has 3 nitrogen and oxygen atoms in total. The van der Waals surface area contributed by atoms with Gasteiger partial charge in [0, 0.05) is 23.9 Å². The van der Waals surface area contributed by atoms with Crippen LogP contribution in [0.25, 0.3) is 0 Å². The van der Waals surface area contributed by atoms with Crippen molar-refractivity contribution >= 4 is 5.78 Å². The molecule has 0 amide bonds. The summed E-state index contributed by atoms with van der Waals surface area (Å²) in [6.45, 7) is 0. The summed E-state index contributed by atoms with van der Waals surface area (Å²) in [5.41, 5.74) is 2.78. The van der Waals surface area contributed by atoms with E-state index in [1.54, 1.807) is 18.3 Å². The molecule has 20 heavy (non-hydrogen) atoms. The predicted octanol–water partition coefficient (Wildman–Crippen LogP) is 3.23. The number of carbonyl (C=O) groups is 1. The molecular formula is C17H14N2O. The molecule has 98 valence electrons. The van der Waals surface area contributed by atoms with E-state index in [4.69, 9.17) is 0 Å². The molecule has 0 saturated heterocycles. The van der Waals surface area contributed by atoms with Gasteiger partial charge in [-0.1, -0.05) is 60.7 Å². The molecule has 0 spiro atoms. The number of H-pyrrole nitrogens is 1. The fourth-order valence-electron chi connectivity index (χ4n) is 2.11. The number of ketones is 1. The van der Waals surface area contributed by atoms with Crippen LogP contribution in [0.15, 0.2) is 66.9 Å². The van der Waals surface area contributed by atoms with Gasteiger partial charge in [0.05, 0.1) is 0 Å². The van der Waals surface area contributed by atoms with Gasteiger partial charge in [0.1, 0.15) is 0 Å². The Labute approximate surface area is 117 Å². The van der Waals surface area contributed by atoms with Crippen LogP contribution in [-0.4, -0.2) is 15.8 Å². The molecule has 3 heteroatoms. The highest BCUT2D eigenvalue weighted by Gasteiger charge is 2.12. The summed E-state index contributed by atoms with van der Waals surface area (Å²) in [4.78, 5) is 19.5. The van der Waals surface area contributed by atoms with E-state index in [0.717, 1.165) is 12.1 Å². The molecule has 0 aliphatic rings. The average Bonchev–Trinajstić information content (AvgIpc) is 2.97. The standard InChI is InChI=1S/C17H14N2O/c20-16(14-9-5-2-6-10-14)17-18-12-15(19-17)11-13-7-3-1-4-8-13/h1-10,12H,11H2,(H,18,19). The fraction of sp³-hybridized carbons (Fsp3) is 0.0588. The Morgan fingerprint density at radius 2 is 1.60 bits per heavy atom. The number of benzene rings is 2. The number of nitrogens with one attached hydrogen (secondary N) is 1. The van der Waals surface area contributed by atoms with Gasteiger partial charge in [-0.05, 0) is 5.56 Å². The Bertz CT molecular complexity index is 702. The van der Waals surface area contributed by atoms with Crippen molar-refractivity contribution in [1.29, 1.82) is 0 Å². The van der Waals surface area contributed by atoms with Crippen molar-refractivity contribution in [3.05, 3.63) is 89.5 Å². The predicted molar refractivity (Wildman–Crippen MR) is 77.7 cm³/mol. The molecule has 1 heterocycles. The molecule has 0 bridgehead atoms. The number of imidazole rings is 1. The number of aromatic nitrogens is 2. The van der Waals surface area contributed by atoms with Gasteiger partial charge in [-0.2, -0.15) is 0 Å². The minimum Gasteiger partial charge on any atom is -0.339 e. The SMILES string of the molecule is O=C(c1ccccc1)c1ncc(Cc2ccccc2)[nH]1. The van der Waals surface area contributed by atoms with Crippen LogP contribution in [0.5, 0.6) is 0 Å². The molecular weight excluding hydrogens is 248 g/mol.